The van der Waals surface area contributed by atoms with Gasteiger partial charge >= 0.3 is 5.51 Å². The number of alkyl halides is 3. The van der Waals surface area contributed by atoms with Crippen molar-refractivity contribution < 1.29 is 35.3 Å². The highest BCUT2D eigenvalue weighted by atomic mass is 32.2. The monoisotopic (exact) mass is 444 g/mol. The van der Waals surface area contributed by atoms with Gasteiger partial charge in [0.05, 0.1) is 0 Å². The highest BCUT2D eigenvalue weighted by Crippen LogP contribution is 2.37. The van der Waals surface area contributed by atoms with Crippen LogP contribution in [0.15, 0.2) is 35.2 Å². The van der Waals surface area contributed by atoms with Gasteiger partial charge in [-0.25, -0.2) is 8.42 Å². The van der Waals surface area contributed by atoms with Crippen LogP contribution in [-0.2, 0) is 19.3 Å². The lowest BCUT2D eigenvalue weighted by Gasteiger charge is -2.19. The van der Waals surface area contributed by atoms with Crippen molar-refractivity contribution in [3.05, 3.63) is 36.4 Å². The molecule has 1 fully saturated rings. The molecule has 0 aliphatic carbocycles. The zero-order valence-electron chi connectivity index (χ0n) is 15.4. The second-order valence-electron chi connectivity index (χ2n) is 6.88. The van der Waals surface area contributed by atoms with Gasteiger partial charge in [-0.3, -0.25) is 0 Å². The maximum atomic E-state index is 10.7. The van der Waals surface area contributed by atoms with E-state index in [2.05, 4.69) is 50.8 Å². The molecule has 2 atom stereocenters. The molecule has 1 aromatic carbocycles. The maximum Gasteiger partial charge on any atom is 0.485 e. The minimum absolute atomic E-state index is 0.0203. The number of halogens is 3. The van der Waals surface area contributed by atoms with Crippen molar-refractivity contribution in [2.24, 2.45) is 5.92 Å². The van der Waals surface area contributed by atoms with Gasteiger partial charge in [-0.15, -0.1) is 0 Å². The Morgan fingerprint density at radius 3 is 2.26 bits per heavy atom. The molecule has 1 aliphatic rings. The highest BCUT2D eigenvalue weighted by Gasteiger charge is 2.45. The molecule has 1 heterocycles. The van der Waals surface area contributed by atoms with Gasteiger partial charge < -0.3 is 8.98 Å². The third-order valence-corrected chi connectivity index (χ3v) is 5.84. The molecule has 2 unspecified atom stereocenters. The first kappa shape index (κ1) is 24.3. The first-order valence-corrected chi connectivity index (χ1v) is 13.9. The summed E-state index contributed by atoms with van der Waals surface area (Å²) in [6, 6.07) is 10.5. The molecule has 2 rings (SSSR count). The summed E-state index contributed by atoms with van der Waals surface area (Å²) in [5.41, 5.74) is -5.65. The van der Waals surface area contributed by atoms with E-state index in [0.29, 0.717) is 5.92 Å². The Morgan fingerprint density at radius 1 is 1.30 bits per heavy atom. The molecule has 5 nitrogen and oxygen atoms in total. The summed E-state index contributed by atoms with van der Waals surface area (Å²) in [6.45, 7) is 8.85. The number of benzene rings is 1. The van der Waals surface area contributed by atoms with Crippen molar-refractivity contribution in [3.8, 4) is 0 Å². The Labute approximate surface area is 163 Å². The summed E-state index contributed by atoms with van der Waals surface area (Å²) >= 11 is 1.84. The molecule has 0 amide bonds. The summed E-state index contributed by atoms with van der Waals surface area (Å²) in [4.78, 5) is 1.29. The molecule has 0 radical (unpaired) electrons. The van der Waals surface area contributed by atoms with Crippen LogP contribution in [0.4, 0.5) is 13.2 Å². The van der Waals surface area contributed by atoms with Crippen molar-refractivity contribution in [3.63, 3.8) is 0 Å². The minimum Gasteiger partial charge on any atom is -0.741 e. The zero-order chi connectivity index (χ0) is 20.9. The molecular formula is C16H23F3O5S2Si. The van der Waals surface area contributed by atoms with E-state index < -0.39 is 23.9 Å². The lowest BCUT2D eigenvalue weighted by Crippen LogP contribution is -2.31. The zero-order valence-corrected chi connectivity index (χ0v) is 18.1. The summed E-state index contributed by atoms with van der Waals surface area (Å²) < 4.78 is 70.9. The fourth-order valence-corrected chi connectivity index (χ4v) is 4.01. The molecule has 27 heavy (non-hydrogen) atoms. The fraction of sp³-hybridized carbons (Fsp3) is 0.562. The van der Waals surface area contributed by atoms with Gasteiger partial charge in [0.1, 0.15) is 5.92 Å². The van der Waals surface area contributed by atoms with Gasteiger partial charge in [0.15, 0.2) is 24.2 Å². The number of hydrogen-bond donors (Lipinski definition) is 0. The van der Waals surface area contributed by atoms with E-state index in [9.17, 15) is 13.2 Å². The first-order chi connectivity index (χ1) is 12.2. The third kappa shape index (κ3) is 9.35. The molecule has 0 saturated carbocycles. The van der Waals surface area contributed by atoms with Crippen molar-refractivity contribution in [2.45, 2.75) is 49.7 Å². The van der Waals surface area contributed by atoms with E-state index in [-0.39, 0.29) is 6.29 Å². The minimum atomic E-state index is -6.09. The molecule has 11 heteroatoms. The summed E-state index contributed by atoms with van der Waals surface area (Å²) in [7, 11) is -7.60. The standard InChI is InChI=1S/C15H23O2SSi.CHF3O3S/c1-12-10-15(17-19(2,3)4)16-14(12)11-18-13-8-6-5-7-9-13;2-1(3,4)8(5,6)7/h5-9,12,15H,10-11H2,1-4H3;(H,5,6,7)/q+1;/p-1. The van der Waals surface area contributed by atoms with E-state index in [1.807, 2.05) is 17.8 Å². The molecule has 1 aliphatic heterocycles. The van der Waals surface area contributed by atoms with Crippen LogP contribution in [-0.4, -0.2) is 38.8 Å². The van der Waals surface area contributed by atoms with Gasteiger partial charge in [-0.05, 0) is 38.7 Å². The van der Waals surface area contributed by atoms with Crippen molar-refractivity contribution in [2.75, 3.05) is 5.75 Å². The predicted molar refractivity (Wildman–Crippen MR) is 99.2 cm³/mol. The van der Waals surface area contributed by atoms with Crippen LogP contribution >= 0.6 is 11.8 Å². The fourth-order valence-electron chi connectivity index (χ4n) is 2.07. The lowest BCUT2D eigenvalue weighted by atomic mass is 10.1. The Morgan fingerprint density at radius 2 is 1.81 bits per heavy atom. The van der Waals surface area contributed by atoms with Gasteiger partial charge in [0.25, 0.3) is 6.10 Å². The van der Waals surface area contributed by atoms with Gasteiger partial charge in [0, 0.05) is 11.3 Å². The van der Waals surface area contributed by atoms with Crippen molar-refractivity contribution in [1.82, 2.24) is 0 Å². The van der Waals surface area contributed by atoms with Crippen LogP contribution in [0.5, 0.6) is 0 Å². The van der Waals surface area contributed by atoms with E-state index in [1.165, 1.54) is 11.0 Å². The second-order valence-corrected chi connectivity index (χ2v) is 13.8. The predicted octanol–water partition coefficient (Wildman–Crippen LogP) is 4.60. The number of rotatable bonds is 5. The largest absolute Gasteiger partial charge is 0.741 e. The topological polar surface area (TPSA) is 75.7 Å². The van der Waals surface area contributed by atoms with Crippen molar-refractivity contribution in [1.29, 1.82) is 0 Å². The van der Waals surface area contributed by atoms with Crippen LogP contribution in [0.2, 0.25) is 19.6 Å². The summed E-state index contributed by atoms with van der Waals surface area (Å²) in [6.07, 6.45) is 2.15. The van der Waals surface area contributed by atoms with Gasteiger partial charge in [-0.2, -0.15) is 17.9 Å². The number of ether oxygens (including phenoxy) is 1. The van der Waals surface area contributed by atoms with Crippen molar-refractivity contribution >= 4 is 30.2 Å². The Bertz CT molecular complexity index is 678. The SMILES string of the molecule is CC1CC(O[Si](C)(C)C)O[C+]1CSc1ccccc1.O=S(=O)([O-])C(F)(F)F. The molecule has 154 valence electrons. The molecule has 1 saturated heterocycles. The van der Waals surface area contributed by atoms with E-state index in [0.717, 1.165) is 12.2 Å². The average Bonchev–Trinajstić information content (AvgIpc) is 2.82. The highest BCUT2D eigenvalue weighted by molar-refractivity contribution is 7.99. The Balaban J connectivity index is 0.000000387. The van der Waals surface area contributed by atoms with Crippen LogP contribution in [0.3, 0.4) is 0 Å². The lowest BCUT2D eigenvalue weighted by molar-refractivity contribution is -0.0518. The normalized spacial score (nSPS) is 21.0. The summed E-state index contributed by atoms with van der Waals surface area (Å²) in [5.74, 6) is 1.43. The molecule has 0 aromatic heterocycles. The second kappa shape index (κ2) is 9.66. The molecule has 1 aromatic rings. The van der Waals surface area contributed by atoms with Crippen LogP contribution in [0, 0.1) is 12.0 Å². The quantitative estimate of drug-likeness (QED) is 0.217. The smallest absolute Gasteiger partial charge is 0.485 e. The van der Waals surface area contributed by atoms with Crippen LogP contribution in [0.25, 0.3) is 0 Å². The molecule has 0 bridgehead atoms. The maximum absolute atomic E-state index is 10.7. The van der Waals surface area contributed by atoms with E-state index in [1.54, 1.807) is 0 Å². The van der Waals surface area contributed by atoms with Crippen LogP contribution in [0.1, 0.15) is 13.3 Å². The van der Waals surface area contributed by atoms with Crippen LogP contribution < -0.4 is 0 Å². The Hall–Kier alpha value is -0.723. The molecule has 0 spiro atoms. The number of thioether (sulfide) groups is 1. The van der Waals surface area contributed by atoms with E-state index >= 15 is 0 Å². The molecule has 0 N–H and O–H groups in total. The summed E-state index contributed by atoms with van der Waals surface area (Å²) in [5, 5.41) is 0. The van der Waals surface area contributed by atoms with Gasteiger partial charge in [-0.1, -0.05) is 30.0 Å². The molecular weight excluding hydrogens is 421 g/mol. The average molecular weight is 445 g/mol. The van der Waals surface area contributed by atoms with Gasteiger partial charge in [0.2, 0.25) is 6.29 Å². The Kier molecular flexibility index (Phi) is 8.70. The van der Waals surface area contributed by atoms with E-state index in [4.69, 9.17) is 22.1 Å². The first-order valence-electron chi connectivity index (χ1n) is 8.09. The third-order valence-electron chi connectivity index (χ3n) is 3.27. The number of hydrogen-bond acceptors (Lipinski definition) is 6.